The van der Waals surface area contributed by atoms with Crippen molar-refractivity contribution < 1.29 is 13.9 Å². The van der Waals surface area contributed by atoms with E-state index in [-0.39, 0.29) is 0 Å². The summed E-state index contributed by atoms with van der Waals surface area (Å²) in [6.07, 6.45) is 0.708. The standard InChI is InChI=1S/C16H12O3S/c1-18-12-4-2-3-11(9-12)15-7-8-16(20-15)14-6-5-13(10-17)19-14/h2-10H,1H3. The summed E-state index contributed by atoms with van der Waals surface area (Å²) in [6.45, 7) is 0. The summed E-state index contributed by atoms with van der Waals surface area (Å²) < 4.78 is 10.7. The number of aldehydes is 1. The van der Waals surface area contributed by atoms with Crippen LogP contribution in [0.1, 0.15) is 10.6 Å². The second-order valence-corrected chi connectivity index (χ2v) is 5.30. The predicted octanol–water partition coefficient (Wildman–Crippen LogP) is 4.50. The molecule has 3 nitrogen and oxygen atoms in total. The molecular weight excluding hydrogens is 272 g/mol. The molecule has 100 valence electrons. The Morgan fingerprint density at radius 1 is 1.10 bits per heavy atom. The summed E-state index contributed by atoms with van der Waals surface area (Å²) in [6, 6.07) is 15.4. The van der Waals surface area contributed by atoms with Crippen molar-refractivity contribution >= 4 is 17.6 Å². The summed E-state index contributed by atoms with van der Waals surface area (Å²) in [7, 11) is 1.66. The lowest BCUT2D eigenvalue weighted by Crippen LogP contribution is -1.81. The smallest absolute Gasteiger partial charge is 0.185 e. The molecule has 0 atom stereocenters. The van der Waals surface area contributed by atoms with Crippen molar-refractivity contribution in [3.05, 3.63) is 54.3 Å². The van der Waals surface area contributed by atoms with Gasteiger partial charge in [0.1, 0.15) is 11.5 Å². The van der Waals surface area contributed by atoms with Crippen LogP contribution in [0.5, 0.6) is 5.75 Å². The molecule has 0 saturated carbocycles. The molecule has 0 radical (unpaired) electrons. The molecular formula is C16H12O3S. The van der Waals surface area contributed by atoms with Gasteiger partial charge in [-0.2, -0.15) is 0 Å². The number of ether oxygens (including phenoxy) is 1. The molecule has 0 amide bonds. The molecule has 0 aliphatic rings. The molecule has 2 aromatic heterocycles. The monoisotopic (exact) mass is 284 g/mol. The van der Waals surface area contributed by atoms with Gasteiger partial charge in [0.05, 0.1) is 12.0 Å². The highest BCUT2D eigenvalue weighted by Crippen LogP contribution is 2.36. The second kappa shape index (κ2) is 5.35. The summed E-state index contributed by atoms with van der Waals surface area (Å²) in [5, 5.41) is 0. The molecule has 1 aromatic carbocycles. The first-order valence-electron chi connectivity index (χ1n) is 6.10. The van der Waals surface area contributed by atoms with Gasteiger partial charge in [-0.25, -0.2) is 0 Å². The van der Waals surface area contributed by atoms with E-state index in [4.69, 9.17) is 9.15 Å². The summed E-state index contributed by atoms with van der Waals surface area (Å²) in [5.41, 5.74) is 1.10. The molecule has 3 rings (SSSR count). The molecule has 0 bridgehead atoms. The number of furan rings is 1. The van der Waals surface area contributed by atoms with E-state index in [0.29, 0.717) is 17.8 Å². The zero-order valence-electron chi connectivity index (χ0n) is 10.8. The number of carbonyl (C=O) groups is 1. The van der Waals surface area contributed by atoms with Crippen LogP contribution in [0, 0.1) is 0 Å². The SMILES string of the molecule is COc1cccc(-c2ccc(-c3ccc(C=O)o3)s2)c1. The first-order chi connectivity index (χ1) is 9.80. The number of carbonyl (C=O) groups excluding carboxylic acids is 1. The number of hydrogen-bond acceptors (Lipinski definition) is 4. The normalized spacial score (nSPS) is 10.4. The van der Waals surface area contributed by atoms with Crippen LogP contribution in [0.4, 0.5) is 0 Å². The summed E-state index contributed by atoms with van der Waals surface area (Å²) >= 11 is 1.62. The highest BCUT2D eigenvalue weighted by atomic mass is 32.1. The molecule has 0 spiro atoms. The Morgan fingerprint density at radius 2 is 1.95 bits per heavy atom. The average Bonchev–Trinajstić information content (AvgIpc) is 3.15. The molecule has 0 saturated heterocycles. The molecule has 20 heavy (non-hydrogen) atoms. The van der Waals surface area contributed by atoms with Gasteiger partial charge in [-0.1, -0.05) is 12.1 Å². The van der Waals surface area contributed by atoms with Crippen LogP contribution in [0.15, 0.2) is 52.9 Å². The highest BCUT2D eigenvalue weighted by Gasteiger charge is 2.09. The summed E-state index contributed by atoms with van der Waals surface area (Å²) in [4.78, 5) is 12.8. The molecule has 0 unspecified atom stereocenters. The minimum absolute atomic E-state index is 0.344. The maximum Gasteiger partial charge on any atom is 0.185 e. The predicted molar refractivity (Wildman–Crippen MR) is 79.4 cm³/mol. The molecule has 0 fully saturated rings. The third kappa shape index (κ3) is 2.38. The van der Waals surface area contributed by atoms with Crippen LogP contribution in [-0.2, 0) is 0 Å². The topological polar surface area (TPSA) is 39.4 Å². The quantitative estimate of drug-likeness (QED) is 0.662. The minimum Gasteiger partial charge on any atom is -0.497 e. The number of benzene rings is 1. The van der Waals surface area contributed by atoms with Gasteiger partial charge in [-0.15, -0.1) is 11.3 Å². The van der Waals surface area contributed by atoms with Gasteiger partial charge in [0.15, 0.2) is 12.0 Å². The van der Waals surface area contributed by atoms with Gasteiger partial charge < -0.3 is 9.15 Å². The average molecular weight is 284 g/mol. The van der Waals surface area contributed by atoms with E-state index >= 15 is 0 Å². The van der Waals surface area contributed by atoms with Gasteiger partial charge in [0, 0.05) is 4.88 Å². The Bertz CT molecular complexity index is 740. The number of thiophene rings is 1. The van der Waals surface area contributed by atoms with Gasteiger partial charge in [0.2, 0.25) is 0 Å². The van der Waals surface area contributed by atoms with Crippen LogP contribution in [-0.4, -0.2) is 13.4 Å². The van der Waals surface area contributed by atoms with Crippen molar-refractivity contribution in [2.75, 3.05) is 7.11 Å². The zero-order chi connectivity index (χ0) is 13.9. The fourth-order valence-electron chi connectivity index (χ4n) is 1.95. The van der Waals surface area contributed by atoms with E-state index < -0.39 is 0 Å². The van der Waals surface area contributed by atoms with E-state index in [1.807, 2.05) is 42.5 Å². The van der Waals surface area contributed by atoms with Crippen molar-refractivity contribution in [3.8, 4) is 26.8 Å². The molecule has 0 N–H and O–H groups in total. The maximum atomic E-state index is 10.6. The van der Waals surface area contributed by atoms with Gasteiger partial charge >= 0.3 is 0 Å². The fraction of sp³-hybridized carbons (Fsp3) is 0.0625. The highest BCUT2D eigenvalue weighted by molar-refractivity contribution is 7.18. The molecule has 0 aliphatic carbocycles. The Morgan fingerprint density at radius 3 is 2.70 bits per heavy atom. The van der Waals surface area contributed by atoms with Crippen LogP contribution < -0.4 is 4.74 Å². The lowest BCUT2D eigenvalue weighted by atomic mass is 10.2. The lowest BCUT2D eigenvalue weighted by molar-refractivity contribution is 0.110. The Balaban J connectivity index is 1.94. The third-order valence-electron chi connectivity index (χ3n) is 2.95. The van der Waals surface area contributed by atoms with Crippen molar-refractivity contribution in [1.29, 1.82) is 0 Å². The van der Waals surface area contributed by atoms with E-state index in [2.05, 4.69) is 0 Å². The van der Waals surface area contributed by atoms with E-state index in [1.54, 1.807) is 24.5 Å². The molecule has 4 heteroatoms. The van der Waals surface area contributed by atoms with Crippen LogP contribution in [0.2, 0.25) is 0 Å². The number of methoxy groups -OCH3 is 1. The zero-order valence-corrected chi connectivity index (χ0v) is 11.6. The van der Waals surface area contributed by atoms with E-state index in [9.17, 15) is 4.79 Å². The van der Waals surface area contributed by atoms with Gasteiger partial charge in [-0.05, 0) is 42.0 Å². The van der Waals surface area contributed by atoms with E-state index in [1.165, 1.54) is 0 Å². The lowest BCUT2D eigenvalue weighted by Gasteiger charge is -2.01. The third-order valence-corrected chi connectivity index (χ3v) is 4.09. The van der Waals surface area contributed by atoms with Crippen molar-refractivity contribution in [2.45, 2.75) is 0 Å². The molecule has 0 aliphatic heterocycles. The number of hydrogen-bond donors (Lipinski definition) is 0. The maximum absolute atomic E-state index is 10.6. The largest absolute Gasteiger partial charge is 0.497 e. The van der Waals surface area contributed by atoms with Crippen molar-refractivity contribution in [3.63, 3.8) is 0 Å². The number of rotatable bonds is 4. The minimum atomic E-state index is 0.344. The molecule has 2 heterocycles. The molecule has 3 aromatic rings. The van der Waals surface area contributed by atoms with Crippen LogP contribution in [0.25, 0.3) is 21.1 Å². The first-order valence-corrected chi connectivity index (χ1v) is 6.91. The fourth-order valence-corrected chi connectivity index (χ4v) is 2.91. The van der Waals surface area contributed by atoms with Crippen molar-refractivity contribution in [2.24, 2.45) is 0 Å². The van der Waals surface area contributed by atoms with E-state index in [0.717, 1.165) is 21.1 Å². The van der Waals surface area contributed by atoms with Crippen LogP contribution >= 0.6 is 11.3 Å². The van der Waals surface area contributed by atoms with Gasteiger partial charge in [-0.3, -0.25) is 4.79 Å². The first kappa shape index (κ1) is 12.7. The second-order valence-electron chi connectivity index (χ2n) is 4.22. The van der Waals surface area contributed by atoms with Crippen LogP contribution in [0.3, 0.4) is 0 Å². The Hall–Kier alpha value is -2.33. The van der Waals surface area contributed by atoms with Gasteiger partial charge in [0.25, 0.3) is 0 Å². The Labute approximate surface area is 120 Å². The summed E-state index contributed by atoms with van der Waals surface area (Å²) in [5.74, 6) is 1.89. The van der Waals surface area contributed by atoms with Crippen molar-refractivity contribution in [1.82, 2.24) is 0 Å². The Kier molecular flexibility index (Phi) is 3.39.